The number of nitrogens with one attached hydrogen (secondary N) is 2. The molecular formula is C16H25N5O2. The standard InChI is InChI=1S/C16H25N5O2/c1-18-15(22)14(17)11-12-3-5-13(6-4-12)19-16(23)21-9-7-20(2)8-10-21/h3-6,14H,7-11,17H2,1-2H3,(H,18,22)(H,19,23)/t14-/m0/s1. The largest absolute Gasteiger partial charge is 0.358 e. The van der Waals surface area contributed by atoms with Gasteiger partial charge < -0.3 is 26.2 Å². The van der Waals surface area contributed by atoms with Gasteiger partial charge in [0.2, 0.25) is 5.91 Å². The summed E-state index contributed by atoms with van der Waals surface area (Å²) in [6, 6.07) is 6.78. The normalized spacial score (nSPS) is 16.7. The van der Waals surface area contributed by atoms with Crippen molar-refractivity contribution in [3.63, 3.8) is 0 Å². The molecule has 0 bridgehead atoms. The van der Waals surface area contributed by atoms with Gasteiger partial charge in [-0.1, -0.05) is 12.1 Å². The molecule has 2 rings (SSSR count). The molecule has 7 nitrogen and oxygen atoms in total. The van der Waals surface area contributed by atoms with Crippen molar-refractivity contribution in [2.45, 2.75) is 12.5 Å². The Balaban J connectivity index is 1.87. The van der Waals surface area contributed by atoms with Crippen molar-refractivity contribution in [1.29, 1.82) is 0 Å². The highest BCUT2D eigenvalue weighted by molar-refractivity contribution is 5.89. The molecule has 0 radical (unpaired) electrons. The van der Waals surface area contributed by atoms with Crippen molar-refractivity contribution in [2.75, 3.05) is 45.6 Å². The van der Waals surface area contributed by atoms with Gasteiger partial charge in [-0.25, -0.2) is 4.79 Å². The molecule has 1 aliphatic heterocycles. The van der Waals surface area contributed by atoms with Gasteiger partial charge in [0, 0.05) is 38.9 Å². The van der Waals surface area contributed by atoms with Gasteiger partial charge in [-0.3, -0.25) is 4.79 Å². The molecule has 0 saturated carbocycles. The summed E-state index contributed by atoms with van der Waals surface area (Å²) in [5, 5.41) is 5.43. The lowest BCUT2D eigenvalue weighted by molar-refractivity contribution is -0.121. The number of anilines is 1. The average molecular weight is 319 g/mol. The van der Waals surface area contributed by atoms with Crippen molar-refractivity contribution >= 4 is 17.6 Å². The second-order valence-corrected chi connectivity index (χ2v) is 5.84. The fraction of sp³-hybridized carbons (Fsp3) is 0.500. The number of hydrogen-bond acceptors (Lipinski definition) is 4. The molecule has 0 spiro atoms. The van der Waals surface area contributed by atoms with Crippen LogP contribution in [0.25, 0.3) is 0 Å². The number of hydrogen-bond donors (Lipinski definition) is 3. The third-order valence-electron chi connectivity index (χ3n) is 4.03. The van der Waals surface area contributed by atoms with Crippen LogP contribution in [-0.2, 0) is 11.2 Å². The lowest BCUT2D eigenvalue weighted by Crippen LogP contribution is -2.48. The highest BCUT2D eigenvalue weighted by Gasteiger charge is 2.19. The van der Waals surface area contributed by atoms with E-state index in [0.717, 1.165) is 37.4 Å². The second kappa shape index (κ2) is 7.94. The second-order valence-electron chi connectivity index (χ2n) is 5.84. The van der Waals surface area contributed by atoms with Gasteiger partial charge >= 0.3 is 6.03 Å². The molecule has 0 aromatic heterocycles. The maximum absolute atomic E-state index is 12.2. The number of piperazine rings is 1. The zero-order valence-corrected chi connectivity index (χ0v) is 13.7. The number of benzene rings is 1. The topological polar surface area (TPSA) is 90.7 Å². The first-order chi connectivity index (χ1) is 11.0. The van der Waals surface area contributed by atoms with Crippen LogP contribution in [0.15, 0.2) is 24.3 Å². The first-order valence-electron chi connectivity index (χ1n) is 7.80. The van der Waals surface area contributed by atoms with Gasteiger partial charge in [-0.05, 0) is 31.2 Å². The first kappa shape index (κ1) is 17.2. The Morgan fingerprint density at radius 2 is 1.78 bits per heavy atom. The summed E-state index contributed by atoms with van der Waals surface area (Å²) in [5.74, 6) is -0.183. The monoisotopic (exact) mass is 319 g/mol. The number of rotatable bonds is 4. The van der Waals surface area contributed by atoms with Crippen LogP contribution in [0.1, 0.15) is 5.56 Å². The van der Waals surface area contributed by atoms with Crippen molar-refractivity contribution in [3.8, 4) is 0 Å². The number of nitrogens with zero attached hydrogens (tertiary/aromatic N) is 2. The quantitative estimate of drug-likeness (QED) is 0.733. The zero-order chi connectivity index (χ0) is 16.8. The SMILES string of the molecule is CNC(=O)[C@@H](N)Cc1ccc(NC(=O)N2CCN(C)CC2)cc1. The molecular weight excluding hydrogens is 294 g/mol. The summed E-state index contributed by atoms with van der Waals surface area (Å²) in [7, 11) is 3.62. The number of urea groups is 1. The Morgan fingerprint density at radius 3 is 2.35 bits per heavy atom. The number of carbonyl (C=O) groups excluding carboxylic acids is 2. The summed E-state index contributed by atoms with van der Waals surface area (Å²) in [5.41, 5.74) is 7.49. The molecule has 4 N–H and O–H groups in total. The van der Waals surface area contributed by atoms with Crippen molar-refractivity contribution in [1.82, 2.24) is 15.1 Å². The number of likely N-dealkylation sites (N-methyl/N-ethyl adjacent to an activating group) is 2. The Bertz CT molecular complexity index is 538. The van der Waals surface area contributed by atoms with E-state index >= 15 is 0 Å². The Hall–Kier alpha value is -2.12. The first-order valence-corrected chi connectivity index (χ1v) is 7.80. The predicted molar refractivity (Wildman–Crippen MR) is 90.3 cm³/mol. The smallest absolute Gasteiger partial charge is 0.321 e. The summed E-state index contributed by atoms with van der Waals surface area (Å²) < 4.78 is 0. The van der Waals surface area contributed by atoms with Gasteiger partial charge in [0.05, 0.1) is 6.04 Å². The van der Waals surface area contributed by atoms with Crippen LogP contribution in [-0.4, -0.2) is 68.1 Å². The minimum absolute atomic E-state index is 0.0760. The lowest BCUT2D eigenvalue weighted by Gasteiger charge is -2.32. The fourth-order valence-corrected chi connectivity index (χ4v) is 2.47. The minimum atomic E-state index is -0.564. The van der Waals surface area contributed by atoms with Crippen LogP contribution >= 0.6 is 0 Å². The molecule has 1 aromatic rings. The van der Waals surface area contributed by atoms with Gasteiger partial charge in [0.25, 0.3) is 0 Å². The molecule has 1 fully saturated rings. The van der Waals surface area contributed by atoms with E-state index in [-0.39, 0.29) is 11.9 Å². The summed E-state index contributed by atoms with van der Waals surface area (Å²) >= 11 is 0. The molecule has 1 aromatic carbocycles. The number of amides is 3. The van der Waals surface area contributed by atoms with E-state index in [1.54, 1.807) is 7.05 Å². The molecule has 7 heteroatoms. The maximum Gasteiger partial charge on any atom is 0.321 e. The zero-order valence-electron chi connectivity index (χ0n) is 13.7. The molecule has 1 saturated heterocycles. The molecule has 0 aliphatic carbocycles. The van der Waals surface area contributed by atoms with Crippen molar-refractivity contribution in [3.05, 3.63) is 29.8 Å². The van der Waals surface area contributed by atoms with Crippen LogP contribution in [0.2, 0.25) is 0 Å². The van der Waals surface area contributed by atoms with Gasteiger partial charge in [0.15, 0.2) is 0 Å². The van der Waals surface area contributed by atoms with E-state index in [0.29, 0.717) is 6.42 Å². The molecule has 1 aliphatic rings. The van der Waals surface area contributed by atoms with Crippen LogP contribution in [0, 0.1) is 0 Å². The Morgan fingerprint density at radius 1 is 1.17 bits per heavy atom. The molecule has 1 heterocycles. The molecule has 0 unspecified atom stereocenters. The average Bonchev–Trinajstić information content (AvgIpc) is 2.56. The van der Waals surface area contributed by atoms with E-state index in [9.17, 15) is 9.59 Å². The lowest BCUT2D eigenvalue weighted by atomic mass is 10.1. The molecule has 126 valence electrons. The van der Waals surface area contributed by atoms with Gasteiger partial charge in [-0.2, -0.15) is 0 Å². The fourth-order valence-electron chi connectivity index (χ4n) is 2.47. The van der Waals surface area contributed by atoms with E-state index in [1.165, 1.54) is 0 Å². The molecule has 23 heavy (non-hydrogen) atoms. The highest BCUT2D eigenvalue weighted by Crippen LogP contribution is 2.12. The van der Waals surface area contributed by atoms with E-state index in [1.807, 2.05) is 29.2 Å². The minimum Gasteiger partial charge on any atom is -0.358 e. The Labute approximate surface area is 136 Å². The van der Waals surface area contributed by atoms with Crippen molar-refractivity contribution < 1.29 is 9.59 Å². The Kier molecular flexibility index (Phi) is 5.95. The summed E-state index contributed by atoms with van der Waals surface area (Å²) in [6.45, 7) is 3.26. The van der Waals surface area contributed by atoms with E-state index < -0.39 is 6.04 Å². The molecule has 1 atom stereocenters. The van der Waals surface area contributed by atoms with Gasteiger partial charge in [-0.15, -0.1) is 0 Å². The summed E-state index contributed by atoms with van der Waals surface area (Å²) in [4.78, 5) is 27.6. The number of nitrogens with two attached hydrogens (primary N) is 1. The highest BCUT2D eigenvalue weighted by atomic mass is 16.2. The third-order valence-corrected chi connectivity index (χ3v) is 4.03. The van der Waals surface area contributed by atoms with Gasteiger partial charge in [0.1, 0.15) is 0 Å². The number of carbonyl (C=O) groups is 2. The van der Waals surface area contributed by atoms with Crippen molar-refractivity contribution in [2.24, 2.45) is 5.73 Å². The van der Waals surface area contributed by atoms with E-state index in [4.69, 9.17) is 5.73 Å². The maximum atomic E-state index is 12.2. The van der Waals surface area contributed by atoms with Crippen LogP contribution in [0.5, 0.6) is 0 Å². The molecule has 3 amide bonds. The van der Waals surface area contributed by atoms with Crippen LogP contribution in [0.3, 0.4) is 0 Å². The van der Waals surface area contributed by atoms with Crippen LogP contribution in [0.4, 0.5) is 10.5 Å². The summed E-state index contributed by atoms with van der Waals surface area (Å²) in [6.07, 6.45) is 0.465. The van der Waals surface area contributed by atoms with Crippen LogP contribution < -0.4 is 16.4 Å². The van der Waals surface area contributed by atoms with E-state index in [2.05, 4.69) is 22.6 Å². The third kappa shape index (κ3) is 4.94. The predicted octanol–water partition coefficient (Wildman–Crippen LogP) is 0.0817.